The summed E-state index contributed by atoms with van der Waals surface area (Å²) in [4.78, 5) is 3.58. The van der Waals surface area contributed by atoms with Crippen LogP contribution in [0.1, 0.15) is 51.4 Å². The molecule has 0 spiro atoms. The lowest BCUT2D eigenvalue weighted by atomic mass is 9.85. The Labute approximate surface area is 187 Å². The zero-order valence-corrected chi connectivity index (χ0v) is 18.2. The molecular weight excluding hydrogens is 368 g/mol. The number of nitrogens with zero attached hydrogens (tertiary/aromatic N) is 2. The van der Waals surface area contributed by atoms with Gasteiger partial charge in [-0.05, 0) is 36.7 Å². The number of aromatic nitrogens is 1. The Morgan fingerprint density at radius 1 is 1.17 bits per heavy atom. The fourth-order valence-corrected chi connectivity index (χ4v) is 3.81. The number of hydrogen-bond donors (Lipinski definition) is 0. The molecule has 152 valence electrons. The van der Waals surface area contributed by atoms with E-state index in [0.29, 0.717) is 33.8 Å². The van der Waals surface area contributed by atoms with Crippen LogP contribution in [-0.4, -0.2) is 0 Å². The van der Waals surface area contributed by atoms with Crippen LogP contribution < -0.4 is 4.57 Å². The summed E-state index contributed by atoms with van der Waals surface area (Å²) < 4.78 is 59.8. The number of rotatable bonds is 2. The number of benzene rings is 2. The van der Waals surface area contributed by atoms with Crippen LogP contribution in [-0.2, 0) is 13.4 Å². The Kier molecular flexibility index (Phi) is 3.26. The van der Waals surface area contributed by atoms with Gasteiger partial charge in [-0.25, -0.2) is 4.85 Å². The average Bonchev–Trinajstić information content (AvgIpc) is 3.14. The van der Waals surface area contributed by atoms with Crippen LogP contribution in [0.5, 0.6) is 0 Å². The third-order valence-electron chi connectivity index (χ3n) is 5.41. The minimum atomic E-state index is -2.62. The number of fused-ring (bicyclic) bond motifs is 3. The molecule has 0 N–H and O–H groups in total. The van der Waals surface area contributed by atoms with Crippen molar-refractivity contribution in [3.8, 4) is 11.3 Å². The molecule has 3 nitrogen and oxygen atoms in total. The fourth-order valence-electron chi connectivity index (χ4n) is 3.81. The van der Waals surface area contributed by atoms with Gasteiger partial charge in [0.25, 0.3) is 0 Å². The van der Waals surface area contributed by atoms with Crippen LogP contribution in [0.4, 0.5) is 5.69 Å². The number of para-hydroxylation sites is 1. The molecule has 2 aromatic heterocycles. The highest BCUT2D eigenvalue weighted by Crippen LogP contribution is 2.40. The molecule has 0 bridgehead atoms. The zero-order valence-electron chi connectivity index (χ0n) is 24.2. The van der Waals surface area contributed by atoms with E-state index < -0.39 is 18.6 Å². The van der Waals surface area contributed by atoms with Crippen molar-refractivity contribution >= 4 is 27.6 Å². The van der Waals surface area contributed by atoms with Crippen molar-refractivity contribution in [2.45, 2.75) is 47.8 Å². The molecule has 0 amide bonds. The molecule has 0 saturated heterocycles. The molecule has 0 atom stereocenters. The molecule has 0 unspecified atom stereocenters. The lowest BCUT2D eigenvalue weighted by molar-refractivity contribution is -0.667. The van der Waals surface area contributed by atoms with Gasteiger partial charge in [-0.2, -0.15) is 4.57 Å². The second kappa shape index (κ2) is 6.99. The van der Waals surface area contributed by atoms with E-state index in [-0.39, 0.29) is 17.2 Å². The third kappa shape index (κ3) is 3.17. The van der Waals surface area contributed by atoms with Gasteiger partial charge in [0.15, 0.2) is 5.69 Å². The van der Waals surface area contributed by atoms with Gasteiger partial charge in [0, 0.05) is 36.2 Å². The topological polar surface area (TPSA) is 21.4 Å². The van der Waals surface area contributed by atoms with Crippen LogP contribution in [0.25, 0.3) is 38.0 Å². The number of hydrogen-bond acceptors (Lipinski definition) is 1. The molecule has 0 aliphatic heterocycles. The van der Waals surface area contributed by atoms with Crippen molar-refractivity contribution in [1.29, 1.82) is 0 Å². The van der Waals surface area contributed by atoms with E-state index in [1.165, 1.54) is 0 Å². The van der Waals surface area contributed by atoms with E-state index in [4.69, 9.17) is 17.8 Å². The van der Waals surface area contributed by atoms with E-state index >= 15 is 0 Å². The zero-order chi connectivity index (χ0) is 27.0. The van der Waals surface area contributed by atoms with E-state index in [9.17, 15) is 1.37 Å². The van der Waals surface area contributed by atoms with Crippen LogP contribution in [0.2, 0.25) is 0 Å². The summed E-state index contributed by atoms with van der Waals surface area (Å²) in [6.45, 7) is 13.6. The Bertz CT molecular complexity index is 1580. The summed E-state index contributed by atoms with van der Waals surface area (Å²) in [5.74, 6) is 0. The Morgan fingerprint density at radius 2 is 1.90 bits per heavy atom. The van der Waals surface area contributed by atoms with Crippen molar-refractivity contribution in [1.82, 2.24) is 0 Å². The van der Waals surface area contributed by atoms with Crippen molar-refractivity contribution in [2.75, 3.05) is 0 Å². The first-order chi connectivity index (χ1) is 16.5. The first kappa shape index (κ1) is 14.0. The minimum absolute atomic E-state index is 0.130. The van der Waals surface area contributed by atoms with Gasteiger partial charge in [0.1, 0.15) is 18.2 Å². The van der Waals surface area contributed by atoms with Gasteiger partial charge in [0.2, 0.25) is 11.4 Å². The maximum atomic E-state index is 9.26. The van der Waals surface area contributed by atoms with Crippen LogP contribution in [0.15, 0.2) is 40.8 Å². The normalized spacial score (nSPS) is 15.8. The quantitative estimate of drug-likeness (QED) is 0.257. The standard InChI is InChI=1S/C27H29N2O/c1-16-12-13-21-20-10-9-11-22(28-7)25(20)30-26(21)24(16)23-14-19(15-27(4,5)6)17(2)18(3)29(23)8/h9-14H,15H2,1-6,8H3/q+1/i2D3,14D,15D2. The molecule has 30 heavy (non-hydrogen) atoms. The molecule has 4 aromatic rings. The minimum Gasteiger partial charge on any atom is -0.466 e. The first-order valence-electron chi connectivity index (χ1n) is 12.9. The van der Waals surface area contributed by atoms with Crippen molar-refractivity contribution in [2.24, 2.45) is 12.5 Å². The van der Waals surface area contributed by atoms with Crippen molar-refractivity contribution in [3.05, 3.63) is 70.2 Å². The van der Waals surface area contributed by atoms with Gasteiger partial charge < -0.3 is 4.42 Å². The van der Waals surface area contributed by atoms with Crippen molar-refractivity contribution in [3.63, 3.8) is 0 Å². The first-order valence-corrected chi connectivity index (χ1v) is 9.90. The van der Waals surface area contributed by atoms with Crippen molar-refractivity contribution < 1.29 is 17.2 Å². The lowest BCUT2D eigenvalue weighted by Gasteiger charge is -2.20. The molecular formula is C27H29N2O+. The van der Waals surface area contributed by atoms with E-state index in [1.807, 2.05) is 25.1 Å². The van der Waals surface area contributed by atoms with E-state index in [1.54, 1.807) is 51.4 Å². The summed E-state index contributed by atoms with van der Waals surface area (Å²) in [6.07, 6.45) is -2.12. The van der Waals surface area contributed by atoms with Gasteiger partial charge in [-0.3, -0.25) is 0 Å². The van der Waals surface area contributed by atoms with Crippen LogP contribution >= 0.6 is 0 Å². The number of aryl methyl sites for hydroxylation is 1. The van der Waals surface area contributed by atoms with E-state index in [0.717, 1.165) is 16.3 Å². The Morgan fingerprint density at radius 3 is 2.57 bits per heavy atom. The molecule has 2 heterocycles. The maximum absolute atomic E-state index is 9.26. The third-order valence-corrected chi connectivity index (χ3v) is 5.41. The van der Waals surface area contributed by atoms with E-state index in [2.05, 4.69) is 4.85 Å². The van der Waals surface area contributed by atoms with Crippen LogP contribution in [0.3, 0.4) is 0 Å². The molecule has 2 aromatic carbocycles. The maximum Gasteiger partial charge on any atom is 0.229 e. The second-order valence-corrected chi connectivity index (χ2v) is 8.74. The largest absolute Gasteiger partial charge is 0.466 e. The summed E-state index contributed by atoms with van der Waals surface area (Å²) in [5, 5.41) is 1.54. The summed E-state index contributed by atoms with van der Waals surface area (Å²) in [5.41, 5.74) is 2.17. The van der Waals surface area contributed by atoms with Gasteiger partial charge in [-0.1, -0.05) is 51.1 Å². The highest BCUT2D eigenvalue weighted by molar-refractivity contribution is 6.12. The molecule has 3 heteroatoms. The number of furan rings is 1. The van der Waals surface area contributed by atoms with Gasteiger partial charge in [0.05, 0.1) is 13.5 Å². The summed E-state index contributed by atoms with van der Waals surface area (Å²) in [7, 11) is 1.69. The predicted molar refractivity (Wildman–Crippen MR) is 124 cm³/mol. The number of pyridine rings is 1. The monoisotopic (exact) mass is 403 g/mol. The highest BCUT2D eigenvalue weighted by Gasteiger charge is 2.26. The smallest absolute Gasteiger partial charge is 0.229 e. The molecule has 4 rings (SSSR count). The molecule has 0 saturated carbocycles. The van der Waals surface area contributed by atoms with Crippen LogP contribution in [0, 0.1) is 32.7 Å². The molecule has 0 radical (unpaired) electrons. The summed E-state index contributed by atoms with van der Waals surface area (Å²) in [6, 6.07) is 8.99. The molecule has 0 aliphatic carbocycles. The fraction of sp³-hybridized carbons (Fsp3) is 0.333. The lowest BCUT2D eigenvalue weighted by Crippen LogP contribution is -2.36. The summed E-state index contributed by atoms with van der Waals surface area (Å²) >= 11 is 0. The Hall–Kier alpha value is -3.12. The predicted octanol–water partition coefficient (Wildman–Crippen LogP) is 7.14. The van der Waals surface area contributed by atoms with Gasteiger partial charge >= 0.3 is 0 Å². The second-order valence-electron chi connectivity index (χ2n) is 8.74. The SMILES string of the molecule is [2H]c1c(C([2H])([2H])C(C)(C)C)c(C([2H])([2H])[2H])c(C)[n+](C)c1-c1c(C)ccc2c1oc1c([N+]#[C-])cccc12. The Balaban J connectivity index is 2.25. The molecule has 0 aliphatic rings. The average molecular weight is 404 g/mol. The van der Waals surface area contributed by atoms with Gasteiger partial charge in [-0.15, -0.1) is 0 Å². The highest BCUT2D eigenvalue weighted by atomic mass is 16.3. The molecule has 0 fully saturated rings.